The summed E-state index contributed by atoms with van der Waals surface area (Å²) in [6.07, 6.45) is 5.66. The summed E-state index contributed by atoms with van der Waals surface area (Å²) in [5, 5.41) is 6.59. The van der Waals surface area contributed by atoms with Gasteiger partial charge in [-0.3, -0.25) is 4.79 Å². The number of hydrogen-bond acceptors (Lipinski definition) is 2. The molecule has 3 heteroatoms. The molecule has 2 N–H and O–H groups in total. The van der Waals surface area contributed by atoms with Crippen LogP contribution in [0.2, 0.25) is 0 Å². The normalized spacial score (nSPS) is 24.1. The van der Waals surface area contributed by atoms with Crippen molar-refractivity contribution in [3.05, 3.63) is 35.9 Å². The average Bonchev–Trinajstić information content (AvgIpc) is 3.31. The maximum absolute atomic E-state index is 12.4. The van der Waals surface area contributed by atoms with Gasteiger partial charge in [0.25, 0.3) is 0 Å². The van der Waals surface area contributed by atoms with Crippen molar-refractivity contribution < 1.29 is 4.79 Å². The minimum absolute atomic E-state index is 0.216. The number of carbonyl (C=O) groups is 1. The van der Waals surface area contributed by atoms with Gasteiger partial charge < -0.3 is 10.6 Å². The molecule has 1 aliphatic heterocycles. The van der Waals surface area contributed by atoms with Gasteiger partial charge in [-0.1, -0.05) is 30.3 Å². The van der Waals surface area contributed by atoms with Crippen molar-refractivity contribution in [2.75, 3.05) is 19.6 Å². The lowest BCUT2D eigenvalue weighted by atomic mass is 9.94. The van der Waals surface area contributed by atoms with Crippen molar-refractivity contribution in [1.82, 2.24) is 10.6 Å². The first-order valence-electron chi connectivity index (χ1n) is 7.86. The third kappa shape index (κ3) is 2.88. The van der Waals surface area contributed by atoms with Crippen LogP contribution in [0.3, 0.4) is 0 Å². The number of carbonyl (C=O) groups excluding carboxylic acids is 1. The third-order valence-electron chi connectivity index (χ3n) is 4.75. The predicted octanol–water partition coefficient (Wildman–Crippen LogP) is 2.22. The molecule has 1 aromatic rings. The van der Waals surface area contributed by atoms with E-state index in [0.29, 0.717) is 0 Å². The smallest absolute Gasteiger partial charge is 0.230 e. The van der Waals surface area contributed by atoms with Crippen molar-refractivity contribution in [3.63, 3.8) is 0 Å². The summed E-state index contributed by atoms with van der Waals surface area (Å²) in [4.78, 5) is 12.4. The lowest BCUT2D eigenvalue weighted by Crippen LogP contribution is -2.37. The monoisotopic (exact) mass is 272 g/mol. The van der Waals surface area contributed by atoms with Gasteiger partial charge in [0, 0.05) is 6.54 Å². The van der Waals surface area contributed by atoms with Crippen LogP contribution in [0.4, 0.5) is 0 Å². The topological polar surface area (TPSA) is 41.1 Å². The van der Waals surface area contributed by atoms with E-state index in [2.05, 4.69) is 22.8 Å². The van der Waals surface area contributed by atoms with E-state index in [-0.39, 0.29) is 11.3 Å². The molecule has 3 rings (SSSR count). The zero-order valence-corrected chi connectivity index (χ0v) is 12.0. The first-order valence-corrected chi connectivity index (χ1v) is 7.86. The molecule has 0 aromatic heterocycles. The molecule has 1 aliphatic carbocycles. The summed E-state index contributed by atoms with van der Waals surface area (Å²) in [5.41, 5.74) is 0.961. The lowest BCUT2D eigenvalue weighted by Gasteiger charge is -2.23. The predicted molar refractivity (Wildman–Crippen MR) is 80.6 cm³/mol. The van der Waals surface area contributed by atoms with Gasteiger partial charge in [0.05, 0.1) is 5.41 Å². The van der Waals surface area contributed by atoms with E-state index in [9.17, 15) is 4.79 Å². The molecule has 1 atom stereocenters. The molecule has 1 heterocycles. The van der Waals surface area contributed by atoms with E-state index >= 15 is 0 Å². The summed E-state index contributed by atoms with van der Waals surface area (Å²) < 4.78 is 0. The van der Waals surface area contributed by atoms with Gasteiger partial charge in [0.2, 0.25) is 5.91 Å². The molecule has 2 aliphatic rings. The first kappa shape index (κ1) is 13.6. The Morgan fingerprint density at radius 1 is 1.30 bits per heavy atom. The largest absolute Gasteiger partial charge is 0.355 e. The Morgan fingerprint density at radius 2 is 2.10 bits per heavy atom. The lowest BCUT2D eigenvalue weighted by molar-refractivity contribution is -0.123. The van der Waals surface area contributed by atoms with Crippen LogP contribution in [0.1, 0.15) is 37.7 Å². The maximum atomic E-state index is 12.4. The minimum Gasteiger partial charge on any atom is -0.355 e. The molecule has 1 amide bonds. The van der Waals surface area contributed by atoms with Crippen LogP contribution >= 0.6 is 0 Å². The molecule has 1 saturated carbocycles. The Labute approximate surface area is 121 Å². The van der Waals surface area contributed by atoms with Gasteiger partial charge in [-0.2, -0.15) is 0 Å². The highest BCUT2D eigenvalue weighted by molar-refractivity contribution is 5.91. The molecule has 0 radical (unpaired) electrons. The highest BCUT2D eigenvalue weighted by Gasteiger charge is 2.50. The first-order chi connectivity index (χ1) is 9.81. The Hall–Kier alpha value is -1.35. The van der Waals surface area contributed by atoms with Crippen LogP contribution in [0.25, 0.3) is 0 Å². The van der Waals surface area contributed by atoms with Crippen LogP contribution in [0, 0.1) is 5.92 Å². The van der Waals surface area contributed by atoms with Crippen LogP contribution in [-0.2, 0) is 10.2 Å². The molecule has 0 spiro atoms. The number of piperidine rings is 1. The van der Waals surface area contributed by atoms with Gasteiger partial charge in [-0.05, 0) is 56.7 Å². The van der Waals surface area contributed by atoms with Crippen molar-refractivity contribution in [2.45, 2.75) is 37.5 Å². The van der Waals surface area contributed by atoms with E-state index < -0.39 is 0 Å². The second kappa shape index (κ2) is 5.96. The molecule has 1 saturated heterocycles. The van der Waals surface area contributed by atoms with E-state index in [1.807, 2.05) is 18.2 Å². The Kier molecular flexibility index (Phi) is 4.06. The second-order valence-corrected chi connectivity index (χ2v) is 6.21. The summed E-state index contributed by atoms with van der Waals surface area (Å²) >= 11 is 0. The van der Waals surface area contributed by atoms with Crippen molar-refractivity contribution >= 4 is 5.91 Å². The highest BCUT2D eigenvalue weighted by atomic mass is 16.2. The van der Waals surface area contributed by atoms with E-state index in [1.54, 1.807) is 0 Å². The van der Waals surface area contributed by atoms with Gasteiger partial charge in [0.15, 0.2) is 0 Å². The van der Waals surface area contributed by atoms with E-state index in [4.69, 9.17) is 0 Å². The molecule has 20 heavy (non-hydrogen) atoms. The molecule has 0 bridgehead atoms. The van der Waals surface area contributed by atoms with Crippen LogP contribution in [-0.4, -0.2) is 25.5 Å². The highest BCUT2D eigenvalue weighted by Crippen LogP contribution is 2.48. The fourth-order valence-corrected chi connectivity index (χ4v) is 3.26. The van der Waals surface area contributed by atoms with Crippen molar-refractivity contribution in [3.8, 4) is 0 Å². The van der Waals surface area contributed by atoms with Crippen LogP contribution < -0.4 is 10.6 Å². The van der Waals surface area contributed by atoms with E-state index in [0.717, 1.165) is 44.8 Å². The third-order valence-corrected chi connectivity index (χ3v) is 4.75. The Morgan fingerprint density at radius 3 is 2.75 bits per heavy atom. The summed E-state index contributed by atoms with van der Waals surface area (Å²) in [5.74, 6) is 0.961. The fraction of sp³-hybridized carbons (Fsp3) is 0.588. The molecular formula is C17H24N2O. The summed E-state index contributed by atoms with van der Waals surface area (Å²) in [7, 11) is 0. The van der Waals surface area contributed by atoms with Crippen molar-refractivity contribution in [2.24, 2.45) is 5.92 Å². The number of nitrogens with one attached hydrogen (secondary N) is 2. The van der Waals surface area contributed by atoms with Crippen molar-refractivity contribution in [1.29, 1.82) is 0 Å². The fourth-order valence-electron chi connectivity index (χ4n) is 3.26. The maximum Gasteiger partial charge on any atom is 0.230 e. The number of benzene rings is 1. The zero-order valence-electron chi connectivity index (χ0n) is 12.0. The summed E-state index contributed by atoms with van der Waals surface area (Å²) in [6, 6.07) is 10.2. The SMILES string of the molecule is O=C(NCCC1CCCNC1)C1(c2ccccc2)CC1. The Bertz CT molecular complexity index is 447. The number of hydrogen-bond donors (Lipinski definition) is 2. The van der Waals surface area contributed by atoms with Crippen LogP contribution in [0.5, 0.6) is 0 Å². The van der Waals surface area contributed by atoms with E-state index in [1.165, 1.54) is 18.4 Å². The number of rotatable bonds is 5. The zero-order chi connectivity index (χ0) is 13.8. The van der Waals surface area contributed by atoms with Gasteiger partial charge in [0.1, 0.15) is 0 Å². The molecule has 108 valence electrons. The summed E-state index contributed by atoms with van der Waals surface area (Å²) in [6.45, 7) is 3.08. The molecular weight excluding hydrogens is 248 g/mol. The van der Waals surface area contributed by atoms with Gasteiger partial charge in [-0.25, -0.2) is 0 Å². The van der Waals surface area contributed by atoms with Gasteiger partial charge in [-0.15, -0.1) is 0 Å². The molecule has 1 aromatic carbocycles. The van der Waals surface area contributed by atoms with Crippen LogP contribution in [0.15, 0.2) is 30.3 Å². The minimum atomic E-state index is -0.216. The van der Waals surface area contributed by atoms with Gasteiger partial charge >= 0.3 is 0 Å². The molecule has 3 nitrogen and oxygen atoms in total. The standard InChI is InChI=1S/C17H24N2O/c20-16(19-12-8-14-5-4-11-18-13-14)17(9-10-17)15-6-2-1-3-7-15/h1-3,6-7,14,18H,4-5,8-13H2,(H,19,20). The molecule has 1 unspecified atom stereocenters. The molecule has 2 fully saturated rings. The number of amides is 1. The second-order valence-electron chi connectivity index (χ2n) is 6.21. The average molecular weight is 272 g/mol. The quantitative estimate of drug-likeness (QED) is 0.863. The Balaban J connectivity index is 1.49.